The van der Waals surface area contributed by atoms with Crippen molar-refractivity contribution in [2.45, 2.75) is 18.3 Å². The number of thioether (sulfide) groups is 1. The van der Waals surface area contributed by atoms with Gasteiger partial charge in [-0.2, -0.15) is 24.9 Å². The van der Waals surface area contributed by atoms with Gasteiger partial charge in [0.25, 0.3) is 0 Å². The predicted octanol–water partition coefficient (Wildman–Crippen LogP) is 3.01. The van der Waals surface area contributed by atoms with Crippen LogP contribution in [0.1, 0.15) is 17.2 Å². The van der Waals surface area contributed by atoms with Crippen molar-refractivity contribution in [3.8, 4) is 0 Å². The fraction of sp³-hybridized carbons (Fsp3) is 0.571. The third-order valence-corrected chi connectivity index (χ3v) is 4.78. The molecule has 20 heavy (non-hydrogen) atoms. The highest BCUT2D eigenvalue weighted by atomic mass is 32.2. The lowest BCUT2D eigenvalue weighted by atomic mass is 9.98. The lowest BCUT2D eigenvalue weighted by molar-refractivity contribution is -0.137. The quantitative estimate of drug-likeness (QED) is 0.924. The van der Waals surface area contributed by atoms with E-state index in [0.29, 0.717) is 6.04 Å². The van der Waals surface area contributed by atoms with E-state index in [1.54, 1.807) is 12.1 Å². The smallest absolute Gasteiger partial charge is 0.312 e. The summed E-state index contributed by atoms with van der Waals surface area (Å²) in [5, 5.41) is 3.24. The number of rotatable bonds is 3. The second-order valence-electron chi connectivity index (χ2n) is 5.01. The van der Waals surface area contributed by atoms with E-state index in [4.69, 9.17) is 0 Å². The first kappa shape index (κ1) is 15.7. The molecule has 1 aliphatic rings. The Morgan fingerprint density at radius 2 is 1.95 bits per heavy atom. The summed E-state index contributed by atoms with van der Waals surface area (Å²) >= 11 is 1.89. The average molecular weight is 304 g/mol. The molecule has 0 amide bonds. The molecule has 1 fully saturated rings. The molecule has 0 saturated carbocycles. The molecule has 2 rings (SSSR count). The van der Waals surface area contributed by atoms with E-state index in [-0.39, 0.29) is 6.04 Å². The molecule has 0 aliphatic carbocycles. The van der Waals surface area contributed by atoms with Crippen LogP contribution in [0.25, 0.3) is 0 Å². The van der Waals surface area contributed by atoms with Crippen molar-refractivity contribution in [2.75, 3.05) is 32.1 Å². The molecule has 2 unspecified atom stereocenters. The zero-order valence-electron chi connectivity index (χ0n) is 11.6. The first-order valence-corrected chi connectivity index (χ1v) is 7.71. The molecule has 1 aromatic rings. The second-order valence-corrected chi connectivity index (χ2v) is 6.16. The van der Waals surface area contributed by atoms with Gasteiger partial charge in [0, 0.05) is 30.1 Å². The number of alkyl halides is 3. The Balaban J connectivity index is 2.19. The van der Waals surface area contributed by atoms with Crippen molar-refractivity contribution in [2.24, 2.45) is 0 Å². The van der Waals surface area contributed by atoms with Gasteiger partial charge in [0.05, 0.1) is 5.56 Å². The zero-order valence-corrected chi connectivity index (χ0v) is 12.4. The van der Waals surface area contributed by atoms with E-state index in [1.165, 1.54) is 0 Å². The molecular weight excluding hydrogens is 285 g/mol. The summed E-state index contributed by atoms with van der Waals surface area (Å²) in [6, 6.07) is 5.84. The summed E-state index contributed by atoms with van der Waals surface area (Å²) in [5.41, 5.74) is 0.308. The molecule has 112 valence electrons. The Hall–Kier alpha value is -0.720. The minimum absolute atomic E-state index is 0.0510. The summed E-state index contributed by atoms with van der Waals surface area (Å²) in [4.78, 5) is 2.27. The van der Waals surface area contributed by atoms with Crippen LogP contribution in [0, 0.1) is 0 Å². The van der Waals surface area contributed by atoms with Crippen molar-refractivity contribution in [1.29, 1.82) is 0 Å². The lowest BCUT2D eigenvalue weighted by Gasteiger charge is -2.38. The van der Waals surface area contributed by atoms with Crippen LogP contribution in [0.3, 0.4) is 0 Å². The van der Waals surface area contributed by atoms with Gasteiger partial charge in [-0.25, -0.2) is 0 Å². The van der Waals surface area contributed by atoms with Crippen LogP contribution < -0.4 is 5.32 Å². The van der Waals surface area contributed by atoms with E-state index in [1.807, 2.05) is 18.8 Å². The number of benzene rings is 1. The Kier molecular flexibility index (Phi) is 4.99. The Morgan fingerprint density at radius 3 is 2.45 bits per heavy atom. The van der Waals surface area contributed by atoms with Gasteiger partial charge in [-0.1, -0.05) is 12.1 Å². The first-order chi connectivity index (χ1) is 9.43. The zero-order chi connectivity index (χ0) is 14.8. The molecule has 1 N–H and O–H groups in total. The molecular formula is C14H19F3N2S. The monoisotopic (exact) mass is 304 g/mol. The van der Waals surface area contributed by atoms with Gasteiger partial charge in [0.15, 0.2) is 0 Å². The second kappa shape index (κ2) is 6.37. The van der Waals surface area contributed by atoms with E-state index < -0.39 is 11.7 Å². The van der Waals surface area contributed by atoms with E-state index >= 15 is 0 Å². The summed E-state index contributed by atoms with van der Waals surface area (Å²) in [7, 11) is 3.92. The molecule has 1 aliphatic heterocycles. The number of nitrogens with one attached hydrogen (secondary N) is 1. The standard InChI is InChI=1S/C14H19F3N2S/c1-18-13(12-9-20-8-7-19(12)2)10-3-5-11(6-4-10)14(15,16)17/h3-6,12-13,18H,7-9H2,1-2H3. The van der Waals surface area contributed by atoms with E-state index in [2.05, 4.69) is 17.3 Å². The van der Waals surface area contributed by atoms with Crippen LogP contribution in [0.2, 0.25) is 0 Å². The normalized spacial score (nSPS) is 22.8. The van der Waals surface area contributed by atoms with Crippen molar-refractivity contribution in [1.82, 2.24) is 10.2 Å². The number of hydrogen-bond acceptors (Lipinski definition) is 3. The topological polar surface area (TPSA) is 15.3 Å². The summed E-state index contributed by atoms with van der Waals surface area (Å²) in [6.07, 6.45) is -4.27. The fourth-order valence-corrected chi connectivity index (χ4v) is 3.79. The highest BCUT2D eigenvalue weighted by Gasteiger charge is 2.32. The van der Waals surface area contributed by atoms with Gasteiger partial charge in [-0.15, -0.1) is 0 Å². The van der Waals surface area contributed by atoms with Crippen LogP contribution in [0.15, 0.2) is 24.3 Å². The molecule has 1 aromatic carbocycles. The van der Waals surface area contributed by atoms with Crippen molar-refractivity contribution >= 4 is 11.8 Å². The van der Waals surface area contributed by atoms with E-state index in [9.17, 15) is 13.2 Å². The molecule has 0 spiro atoms. The third kappa shape index (κ3) is 3.48. The molecule has 2 atom stereocenters. The highest BCUT2D eigenvalue weighted by molar-refractivity contribution is 7.99. The largest absolute Gasteiger partial charge is 0.416 e. The highest BCUT2D eigenvalue weighted by Crippen LogP contribution is 2.31. The Labute approximate surface area is 121 Å². The first-order valence-electron chi connectivity index (χ1n) is 6.56. The Morgan fingerprint density at radius 1 is 1.30 bits per heavy atom. The Bertz CT molecular complexity index is 433. The van der Waals surface area contributed by atoms with Gasteiger partial charge in [0.2, 0.25) is 0 Å². The number of halogens is 3. The summed E-state index contributed by atoms with van der Waals surface area (Å²) < 4.78 is 37.8. The van der Waals surface area contributed by atoms with Crippen molar-refractivity contribution in [3.63, 3.8) is 0 Å². The third-order valence-electron chi connectivity index (χ3n) is 3.74. The molecule has 2 nitrogen and oxygen atoms in total. The van der Waals surface area contributed by atoms with Gasteiger partial charge >= 0.3 is 6.18 Å². The van der Waals surface area contributed by atoms with Gasteiger partial charge in [-0.05, 0) is 31.8 Å². The molecule has 1 saturated heterocycles. The lowest BCUT2D eigenvalue weighted by Crippen LogP contribution is -2.47. The number of hydrogen-bond donors (Lipinski definition) is 1. The predicted molar refractivity (Wildman–Crippen MR) is 77.0 cm³/mol. The molecule has 0 aromatic heterocycles. The van der Waals surface area contributed by atoms with Gasteiger partial charge in [-0.3, -0.25) is 4.90 Å². The minimum Gasteiger partial charge on any atom is -0.312 e. The van der Waals surface area contributed by atoms with Crippen LogP contribution in [0.4, 0.5) is 13.2 Å². The maximum atomic E-state index is 12.6. The number of likely N-dealkylation sites (N-methyl/N-ethyl adjacent to an activating group) is 2. The average Bonchev–Trinajstić information content (AvgIpc) is 2.41. The number of nitrogens with zero attached hydrogens (tertiary/aromatic N) is 1. The van der Waals surface area contributed by atoms with Crippen molar-refractivity contribution < 1.29 is 13.2 Å². The van der Waals surface area contributed by atoms with Crippen LogP contribution in [-0.4, -0.2) is 43.1 Å². The van der Waals surface area contributed by atoms with Crippen LogP contribution in [0.5, 0.6) is 0 Å². The summed E-state index contributed by atoms with van der Waals surface area (Å²) in [5.74, 6) is 2.10. The van der Waals surface area contributed by atoms with Crippen LogP contribution in [-0.2, 0) is 6.18 Å². The molecule has 0 radical (unpaired) electrons. The van der Waals surface area contributed by atoms with Crippen molar-refractivity contribution in [3.05, 3.63) is 35.4 Å². The molecule has 0 bridgehead atoms. The van der Waals surface area contributed by atoms with Crippen LogP contribution >= 0.6 is 11.8 Å². The maximum absolute atomic E-state index is 12.6. The minimum atomic E-state index is -4.27. The van der Waals surface area contributed by atoms with Gasteiger partial charge < -0.3 is 5.32 Å². The fourth-order valence-electron chi connectivity index (χ4n) is 2.52. The SMILES string of the molecule is CNC(c1ccc(C(F)(F)F)cc1)C1CSCCN1C. The summed E-state index contributed by atoms with van der Waals surface area (Å²) in [6.45, 7) is 1.01. The molecule has 6 heteroatoms. The molecule has 1 heterocycles. The van der Waals surface area contributed by atoms with E-state index in [0.717, 1.165) is 35.7 Å². The van der Waals surface area contributed by atoms with Gasteiger partial charge in [0.1, 0.15) is 0 Å². The maximum Gasteiger partial charge on any atom is 0.416 e.